The molecule has 0 fully saturated rings. The summed E-state index contributed by atoms with van der Waals surface area (Å²) < 4.78 is 4.84. The molecule has 0 radical (unpaired) electrons. The molecule has 0 aromatic rings. The van der Waals surface area contributed by atoms with Crippen LogP contribution in [0.15, 0.2) is 26.7 Å². The number of nitrogens with one attached hydrogen (secondary N) is 2. The van der Waals surface area contributed by atoms with Crippen molar-refractivity contribution in [2.75, 3.05) is 20.7 Å². The van der Waals surface area contributed by atoms with E-state index in [2.05, 4.69) is 25.8 Å². The normalized spacial score (nSPS) is 13.9. The van der Waals surface area contributed by atoms with Gasteiger partial charge in [-0.05, 0) is 6.92 Å². The fraction of sp³-hybridized carbons (Fsp3) is 0.444. The van der Waals surface area contributed by atoms with E-state index < -0.39 is 21.5 Å². The first-order valence-electron chi connectivity index (χ1n) is 5.90. The lowest BCUT2D eigenvalue weighted by Crippen LogP contribution is -2.41. The van der Waals surface area contributed by atoms with Crippen molar-refractivity contribution in [3.05, 3.63) is 31.9 Å². The lowest BCUT2D eigenvalue weighted by Gasteiger charge is -2.17. The molecule has 1 aliphatic rings. The van der Waals surface area contributed by atoms with E-state index in [0.29, 0.717) is 6.61 Å². The van der Waals surface area contributed by atoms with Gasteiger partial charge in [0.15, 0.2) is 6.40 Å². The molecule has 1 aliphatic heterocycles. The molecule has 0 unspecified atom stereocenters. The lowest BCUT2D eigenvalue weighted by atomic mass is 10.5. The Hall–Kier alpha value is -3.25. The third kappa shape index (κ3) is 4.39. The van der Waals surface area contributed by atoms with Crippen LogP contribution in [-0.4, -0.2) is 53.8 Å². The summed E-state index contributed by atoms with van der Waals surface area (Å²) in [6, 6.07) is 0. The Morgan fingerprint density at radius 2 is 2.05 bits per heavy atom. The molecular weight excluding hydrogens is 300 g/mol. The van der Waals surface area contributed by atoms with Crippen molar-refractivity contribution in [2.45, 2.75) is 6.92 Å². The zero-order chi connectivity index (χ0) is 16.7. The Labute approximate surface area is 124 Å². The maximum Gasteiger partial charge on any atom is 0.602 e. The van der Waals surface area contributed by atoms with Crippen molar-refractivity contribution in [1.29, 1.82) is 0 Å². The van der Waals surface area contributed by atoms with E-state index in [4.69, 9.17) is 4.74 Å². The van der Waals surface area contributed by atoms with Crippen molar-refractivity contribution >= 4 is 18.3 Å². The van der Waals surface area contributed by atoms with Crippen LogP contribution in [0.3, 0.4) is 0 Å². The van der Waals surface area contributed by atoms with Crippen LogP contribution in [0, 0.1) is 20.2 Å². The molecule has 0 aromatic carbocycles. The Bertz CT molecular complexity index is 563. The Kier molecular flexibility index (Phi) is 5.74. The van der Waals surface area contributed by atoms with Crippen LogP contribution in [0.25, 0.3) is 0 Å². The molecule has 2 N–H and O–H groups in total. The Morgan fingerprint density at radius 3 is 2.55 bits per heavy atom. The Morgan fingerprint density at radius 1 is 1.41 bits per heavy atom. The van der Waals surface area contributed by atoms with Crippen molar-refractivity contribution in [3.63, 3.8) is 0 Å². The zero-order valence-electron chi connectivity index (χ0n) is 12.0. The summed E-state index contributed by atoms with van der Waals surface area (Å²) in [6.45, 7) is 2.15. The second kappa shape index (κ2) is 7.51. The van der Waals surface area contributed by atoms with Gasteiger partial charge in [-0.15, -0.1) is 5.10 Å². The maximum absolute atomic E-state index is 10.8. The predicted octanol–water partition coefficient (Wildman–Crippen LogP) is -0.887. The van der Waals surface area contributed by atoms with Crippen molar-refractivity contribution in [1.82, 2.24) is 15.6 Å². The highest BCUT2D eigenvalue weighted by molar-refractivity contribution is 5.98. The first-order valence-corrected chi connectivity index (χ1v) is 5.90. The van der Waals surface area contributed by atoms with Crippen molar-refractivity contribution in [2.24, 2.45) is 15.1 Å². The topological polar surface area (TPSA) is 160 Å². The van der Waals surface area contributed by atoms with Gasteiger partial charge >= 0.3 is 5.82 Å². The van der Waals surface area contributed by atoms with Gasteiger partial charge in [0.25, 0.3) is 5.82 Å². The molecular formula is C9H14N8O5. The van der Waals surface area contributed by atoms with Crippen molar-refractivity contribution in [3.8, 4) is 0 Å². The van der Waals surface area contributed by atoms with Gasteiger partial charge in [-0.2, -0.15) is 9.98 Å². The average molecular weight is 314 g/mol. The highest BCUT2D eigenvalue weighted by Crippen LogP contribution is 2.10. The number of ether oxygens (including phenoxy) is 1. The summed E-state index contributed by atoms with van der Waals surface area (Å²) in [4.78, 5) is 28.4. The molecule has 0 aliphatic carbocycles. The highest BCUT2D eigenvalue weighted by atomic mass is 16.7. The van der Waals surface area contributed by atoms with Crippen LogP contribution >= 0.6 is 0 Å². The summed E-state index contributed by atoms with van der Waals surface area (Å²) in [6.07, 6.45) is 1.09. The Balaban J connectivity index is 3.14. The van der Waals surface area contributed by atoms with Crippen LogP contribution < -0.4 is 10.7 Å². The van der Waals surface area contributed by atoms with Crippen LogP contribution in [0.4, 0.5) is 0 Å². The van der Waals surface area contributed by atoms with Gasteiger partial charge in [-0.1, -0.05) is 0 Å². The molecule has 13 nitrogen and oxygen atoms in total. The van der Waals surface area contributed by atoms with E-state index in [-0.39, 0.29) is 11.9 Å². The van der Waals surface area contributed by atoms with Crippen molar-refractivity contribution < 1.29 is 14.6 Å². The van der Waals surface area contributed by atoms with Gasteiger partial charge in [-0.25, -0.2) is 5.43 Å². The number of nitro groups is 2. The second-order valence-corrected chi connectivity index (χ2v) is 3.88. The largest absolute Gasteiger partial charge is 0.602 e. The average Bonchev–Trinajstić information content (AvgIpc) is 2.42. The first kappa shape index (κ1) is 16.8. The van der Waals surface area contributed by atoms with Crippen LogP contribution in [0.5, 0.6) is 0 Å². The molecule has 13 heteroatoms. The molecule has 120 valence electrons. The molecule has 22 heavy (non-hydrogen) atoms. The molecule has 0 spiro atoms. The summed E-state index contributed by atoms with van der Waals surface area (Å²) in [5.74, 6) is -1.93. The van der Waals surface area contributed by atoms with E-state index in [1.54, 1.807) is 21.0 Å². The number of hydrogen-bond acceptors (Lipinski definition) is 11. The minimum atomic E-state index is -1.30. The van der Waals surface area contributed by atoms with E-state index >= 15 is 0 Å². The molecule has 0 aromatic heterocycles. The minimum Gasteiger partial charge on any atom is -0.482 e. The molecule has 0 amide bonds. The fourth-order valence-electron chi connectivity index (χ4n) is 1.19. The number of hydrogen-bond donors (Lipinski definition) is 2. The third-order valence-electron chi connectivity index (χ3n) is 2.08. The van der Waals surface area contributed by atoms with Gasteiger partial charge < -0.3 is 9.64 Å². The number of nitrogens with zero attached hydrogens (tertiary/aromatic N) is 6. The minimum absolute atomic E-state index is 0.0176. The number of hydrazone groups is 1. The van der Waals surface area contributed by atoms with Gasteiger partial charge in [0.05, 0.1) is 6.61 Å². The smallest absolute Gasteiger partial charge is 0.482 e. The fourth-order valence-corrected chi connectivity index (χ4v) is 1.19. The standard InChI is InChI=1S/C9H14N8O5/c1-4-22-5-10-14-8-11-6(7(16(18)19)17(20)21)12-9(13-8)15(2)3/h5H,4H2,1-3H3,(H2,11,12,13,14)/b10-5+. The molecule has 1 heterocycles. The summed E-state index contributed by atoms with van der Waals surface area (Å²) in [5, 5.41) is 27.6. The second-order valence-electron chi connectivity index (χ2n) is 3.88. The monoisotopic (exact) mass is 314 g/mol. The molecule has 0 bridgehead atoms. The molecule has 0 saturated carbocycles. The number of guanidine groups is 2. The van der Waals surface area contributed by atoms with E-state index in [0.717, 1.165) is 6.40 Å². The molecule has 0 saturated heterocycles. The third-order valence-corrected chi connectivity index (χ3v) is 2.08. The number of aliphatic imine (C=N–C) groups is 2. The maximum atomic E-state index is 10.8. The SMILES string of the molecule is CCO/C=N/NC1=NC(N(C)C)=NC(=C([N+](=O)[O-])[N+](=O)[O-])N1. The van der Waals surface area contributed by atoms with Gasteiger partial charge in [0.2, 0.25) is 11.9 Å². The van der Waals surface area contributed by atoms with Crippen LogP contribution in [-0.2, 0) is 4.74 Å². The predicted molar refractivity (Wildman–Crippen MR) is 76.0 cm³/mol. The van der Waals surface area contributed by atoms with Crippen LogP contribution in [0.1, 0.15) is 6.92 Å². The van der Waals surface area contributed by atoms with Gasteiger partial charge in [0, 0.05) is 14.1 Å². The lowest BCUT2D eigenvalue weighted by molar-refractivity contribution is -0.617. The highest BCUT2D eigenvalue weighted by Gasteiger charge is 2.35. The van der Waals surface area contributed by atoms with Crippen LogP contribution in [0.2, 0.25) is 0 Å². The summed E-state index contributed by atoms with van der Waals surface area (Å²) in [5.41, 5.74) is 2.40. The summed E-state index contributed by atoms with van der Waals surface area (Å²) in [7, 11) is 3.15. The number of rotatable bonds is 5. The van der Waals surface area contributed by atoms with Gasteiger partial charge in [0.1, 0.15) is 9.85 Å². The van der Waals surface area contributed by atoms with Gasteiger partial charge in [-0.3, -0.25) is 25.5 Å². The first-order chi connectivity index (χ1) is 10.4. The van der Waals surface area contributed by atoms with E-state index in [9.17, 15) is 20.2 Å². The molecule has 0 atom stereocenters. The zero-order valence-corrected chi connectivity index (χ0v) is 12.0. The van der Waals surface area contributed by atoms with E-state index in [1.165, 1.54) is 4.90 Å². The quantitative estimate of drug-likeness (QED) is 0.286. The summed E-state index contributed by atoms with van der Waals surface area (Å²) >= 11 is 0. The molecule has 1 rings (SSSR count). The van der Waals surface area contributed by atoms with E-state index in [1.807, 2.05) is 0 Å².